The summed E-state index contributed by atoms with van der Waals surface area (Å²) in [6.07, 6.45) is 3.45. The maximum atomic E-state index is 12.1. The summed E-state index contributed by atoms with van der Waals surface area (Å²) in [5, 5.41) is 5.06. The van der Waals surface area contributed by atoms with Crippen LogP contribution in [0.1, 0.15) is 15.9 Å². The molecule has 116 valence electrons. The first-order chi connectivity index (χ1) is 11.1. The van der Waals surface area contributed by atoms with Gasteiger partial charge in [-0.25, -0.2) is 5.43 Å². The van der Waals surface area contributed by atoms with E-state index in [1.54, 1.807) is 18.3 Å². The number of aromatic nitrogens is 1. The molecule has 23 heavy (non-hydrogen) atoms. The fourth-order valence-corrected chi connectivity index (χ4v) is 3.33. The number of amides is 1. The molecule has 0 bridgehead atoms. The van der Waals surface area contributed by atoms with Crippen LogP contribution in [0.3, 0.4) is 0 Å². The minimum Gasteiger partial charge on any atom is -0.397 e. The van der Waals surface area contributed by atoms with Crippen molar-refractivity contribution in [3.05, 3.63) is 62.7 Å². The molecule has 0 atom stereocenters. The number of hydrogen-bond acceptors (Lipinski definition) is 3. The number of rotatable bonds is 3. The van der Waals surface area contributed by atoms with Gasteiger partial charge in [0, 0.05) is 37.2 Å². The number of para-hydroxylation sites is 1. The number of benzene rings is 2. The Morgan fingerprint density at radius 2 is 1.91 bits per heavy atom. The van der Waals surface area contributed by atoms with Gasteiger partial charge in [0.1, 0.15) is 0 Å². The fraction of sp³-hybridized carbons (Fsp3) is 0. The Kier molecular flexibility index (Phi) is 4.49. The minimum absolute atomic E-state index is 0.317. The van der Waals surface area contributed by atoms with Crippen molar-refractivity contribution in [3.8, 4) is 0 Å². The zero-order chi connectivity index (χ0) is 16.4. The van der Waals surface area contributed by atoms with Crippen LogP contribution in [0.2, 0.25) is 0 Å². The topological polar surface area (TPSA) is 83.3 Å². The monoisotopic (exact) mass is 434 g/mol. The molecule has 0 aliphatic carbocycles. The number of anilines is 1. The van der Waals surface area contributed by atoms with Crippen molar-refractivity contribution >= 4 is 60.6 Å². The number of halogens is 2. The average Bonchev–Trinajstić information content (AvgIpc) is 2.95. The van der Waals surface area contributed by atoms with E-state index >= 15 is 0 Å². The van der Waals surface area contributed by atoms with E-state index in [0.717, 1.165) is 16.5 Å². The molecule has 1 heterocycles. The predicted molar refractivity (Wildman–Crippen MR) is 99.6 cm³/mol. The lowest BCUT2D eigenvalue weighted by atomic mass is 10.2. The zero-order valence-corrected chi connectivity index (χ0v) is 15.0. The van der Waals surface area contributed by atoms with Gasteiger partial charge in [0.05, 0.1) is 11.9 Å². The molecule has 0 unspecified atom stereocenters. The number of carbonyl (C=O) groups excluding carboxylic acids is 1. The maximum Gasteiger partial charge on any atom is 0.271 e. The summed E-state index contributed by atoms with van der Waals surface area (Å²) < 4.78 is 1.30. The number of nitrogens with zero attached hydrogens (tertiary/aromatic N) is 1. The first kappa shape index (κ1) is 15.8. The van der Waals surface area contributed by atoms with Gasteiger partial charge in [-0.1, -0.05) is 18.2 Å². The van der Waals surface area contributed by atoms with Crippen LogP contribution in [-0.2, 0) is 0 Å². The first-order valence-electron chi connectivity index (χ1n) is 6.70. The van der Waals surface area contributed by atoms with Crippen LogP contribution in [-0.4, -0.2) is 17.1 Å². The molecule has 0 saturated carbocycles. The molecular weight excluding hydrogens is 424 g/mol. The number of H-pyrrole nitrogens is 1. The minimum atomic E-state index is -0.317. The molecule has 0 spiro atoms. The van der Waals surface area contributed by atoms with Crippen LogP contribution in [0.5, 0.6) is 0 Å². The SMILES string of the molecule is Nc1c(Br)cc(C(=O)NN=Cc2c[nH]c3ccccc23)cc1Br. The van der Waals surface area contributed by atoms with Gasteiger partial charge >= 0.3 is 0 Å². The number of aromatic amines is 1. The van der Waals surface area contributed by atoms with E-state index in [4.69, 9.17) is 5.73 Å². The number of nitrogens with two attached hydrogens (primary N) is 1. The standard InChI is InChI=1S/C16H12Br2N4O/c17-12-5-9(6-13(18)15(12)19)16(23)22-21-8-10-7-20-14-4-2-1-3-11(10)14/h1-8,20H,19H2,(H,22,23). The third-order valence-corrected chi connectivity index (χ3v) is 4.64. The molecular formula is C16H12Br2N4O. The number of nitrogens with one attached hydrogen (secondary N) is 2. The third kappa shape index (κ3) is 3.30. The van der Waals surface area contributed by atoms with Gasteiger partial charge in [0.25, 0.3) is 5.91 Å². The van der Waals surface area contributed by atoms with E-state index in [9.17, 15) is 4.79 Å². The molecule has 0 aliphatic heterocycles. The lowest BCUT2D eigenvalue weighted by molar-refractivity contribution is 0.0955. The van der Waals surface area contributed by atoms with Gasteiger partial charge in [0.15, 0.2) is 0 Å². The second-order valence-corrected chi connectivity index (χ2v) is 6.55. The van der Waals surface area contributed by atoms with E-state index in [0.29, 0.717) is 20.2 Å². The molecule has 0 saturated heterocycles. The predicted octanol–water partition coefficient (Wildman–Crippen LogP) is 4.04. The van der Waals surface area contributed by atoms with E-state index < -0.39 is 0 Å². The summed E-state index contributed by atoms with van der Waals surface area (Å²) >= 11 is 6.63. The van der Waals surface area contributed by atoms with Gasteiger partial charge in [0.2, 0.25) is 0 Å². The second kappa shape index (κ2) is 6.55. The van der Waals surface area contributed by atoms with Gasteiger partial charge in [-0.3, -0.25) is 4.79 Å². The quantitative estimate of drug-likeness (QED) is 0.329. The molecule has 5 nitrogen and oxygen atoms in total. The summed E-state index contributed by atoms with van der Waals surface area (Å²) in [6.45, 7) is 0. The summed E-state index contributed by atoms with van der Waals surface area (Å²) in [6, 6.07) is 11.2. The molecule has 2 aromatic carbocycles. The summed E-state index contributed by atoms with van der Waals surface area (Å²) in [5.74, 6) is -0.317. The molecule has 3 rings (SSSR count). The van der Waals surface area contributed by atoms with Gasteiger partial charge in [-0.15, -0.1) is 0 Å². The van der Waals surface area contributed by atoms with Crippen molar-refractivity contribution in [3.63, 3.8) is 0 Å². The van der Waals surface area contributed by atoms with E-state index in [1.807, 2.05) is 30.5 Å². The largest absolute Gasteiger partial charge is 0.397 e. The van der Waals surface area contributed by atoms with Gasteiger partial charge in [-0.05, 0) is 50.1 Å². The lowest BCUT2D eigenvalue weighted by Gasteiger charge is -2.05. The first-order valence-corrected chi connectivity index (χ1v) is 8.29. The summed E-state index contributed by atoms with van der Waals surface area (Å²) in [4.78, 5) is 15.3. The molecule has 4 N–H and O–H groups in total. The number of nitrogen functional groups attached to an aromatic ring is 1. The zero-order valence-electron chi connectivity index (χ0n) is 11.8. The molecule has 7 heteroatoms. The Morgan fingerprint density at radius 1 is 1.22 bits per heavy atom. The molecule has 0 radical (unpaired) electrons. The highest BCUT2D eigenvalue weighted by atomic mass is 79.9. The normalized spacial score (nSPS) is 11.2. The van der Waals surface area contributed by atoms with Crippen LogP contribution in [0.4, 0.5) is 5.69 Å². The Labute approximate surface area is 149 Å². The van der Waals surface area contributed by atoms with Crippen molar-refractivity contribution in [1.29, 1.82) is 0 Å². The van der Waals surface area contributed by atoms with E-state index in [1.165, 1.54) is 0 Å². The van der Waals surface area contributed by atoms with Crippen molar-refractivity contribution < 1.29 is 4.79 Å². The molecule has 1 amide bonds. The molecule has 1 aromatic heterocycles. The van der Waals surface area contributed by atoms with Gasteiger partial charge in [-0.2, -0.15) is 5.10 Å². The number of fused-ring (bicyclic) bond motifs is 1. The van der Waals surface area contributed by atoms with Gasteiger partial charge < -0.3 is 10.7 Å². The highest BCUT2D eigenvalue weighted by Crippen LogP contribution is 2.29. The average molecular weight is 436 g/mol. The Hall–Kier alpha value is -2.12. The number of hydrogen-bond donors (Lipinski definition) is 3. The highest BCUT2D eigenvalue weighted by Gasteiger charge is 2.10. The molecule has 0 aliphatic rings. The van der Waals surface area contributed by atoms with Crippen LogP contribution in [0, 0.1) is 0 Å². The van der Waals surface area contributed by atoms with Crippen molar-refractivity contribution in [2.45, 2.75) is 0 Å². The smallest absolute Gasteiger partial charge is 0.271 e. The van der Waals surface area contributed by atoms with Crippen molar-refractivity contribution in [2.75, 3.05) is 5.73 Å². The molecule has 0 fully saturated rings. The Balaban J connectivity index is 1.76. The fourth-order valence-electron chi connectivity index (χ4n) is 2.14. The van der Waals surface area contributed by atoms with Crippen molar-refractivity contribution in [1.82, 2.24) is 10.4 Å². The third-order valence-electron chi connectivity index (χ3n) is 3.33. The lowest BCUT2D eigenvalue weighted by Crippen LogP contribution is -2.17. The number of hydrazone groups is 1. The van der Waals surface area contributed by atoms with Crippen LogP contribution < -0.4 is 11.2 Å². The van der Waals surface area contributed by atoms with E-state index in [-0.39, 0.29) is 5.91 Å². The number of carbonyl (C=O) groups is 1. The summed E-state index contributed by atoms with van der Waals surface area (Å²) in [5.41, 5.74) is 11.2. The van der Waals surface area contributed by atoms with Crippen molar-refractivity contribution in [2.24, 2.45) is 5.10 Å². The maximum absolute atomic E-state index is 12.1. The Morgan fingerprint density at radius 3 is 2.65 bits per heavy atom. The molecule has 3 aromatic rings. The van der Waals surface area contributed by atoms with E-state index in [2.05, 4.69) is 47.4 Å². The van der Waals surface area contributed by atoms with Crippen LogP contribution >= 0.6 is 31.9 Å². The Bertz CT molecular complexity index is 894. The highest BCUT2D eigenvalue weighted by molar-refractivity contribution is 9.11. The second-order valence-electron chi connectivity index (χ2n) is 4.84. The summed E-state index contributed by atoms with van der Waals surface area (Å²) in [7, 11) is 0. The van der Waals surface area contributed by atoms with Crippen LogP contribution in [0.25, 0.3) is 10.9 Å². The van der Waals surface area contributed by atoms with Crippen LogP contribution in [0.15, 0.2) is 56.6 Å².